The molecule has 0 aliphatic rings. The van der Waals surface area contributed by atoms with Crippen LogP contribution in [0.5, 0.6) is 0 Å². The molecule has 0 amide bonds. The van der Waals surface area contributed by atoms with Crippen LogP contribution in [0.4, 0.5) is 0 Å². The van der Waals surface area contributed by atoms with E-state index in [1.54, 1.807) is 0 Å². The van der Waals surface area contributed by atoms with Crippen molar-refractivity contribution < 1.29 is 0 Å². The molecule has 0 atom stereocenters. The van der Waals surface area contributed by atoms with E-state index in [4.69, 9.17) is 5.26 Å². The van der Waals surface area contributed by atoms with Gasteiger partial charge in [-0.05, 0) is 31.0 Å². The number of benzene rings is 1. The van der Waals surface area contributed by atoms with Crippen molar-refractivity contribution in [3.05, 3.63) is 34.9 Å². The first kappa shape index (κ1) is 9.36. The maximum atomic E-state index is 8.32. The largest absolute Gasteiger partial charge is 0.197 e. The van der Waals surface area contributed by atoms with E-state index in [1.807, 2.05) is 32.0 Å². The molecule has 0 radical (unpaired) electrons. The summed E-state index contributed by atoms with van der Waals surface area (Å²) in [7, 11) is 0. The third-order valence-electron chi connectivity index (χ3n) is 1.78. The van der Waals surface area contributed by atoms with Crippen LogP contribution in [0.15, 0.2) is 18.2 Å². The summed E-state index contributed by atoms with van der Waals surface area (Å²) >= 11 is 0. The van der Waals surface area contributed by atoms with Gasteiger partial charge in [-0.2, -0.15) is 5.26 Å². The molecule has 64 valence electrons. The molecule has 1 heteroatoms. The van der Waals surface area contributed by atoms with Gasteiger partial charge in [-0.15, -0.1) is 0 Å². The second kappa shape index (κ2) is 4.33. The summed E-state index contributed by atoms with van der Waals surface area (Å²) in [6, 6.07) is 8.15. The van der Waals surface area contributed by atoms with Gasteiger partial charge >= 0.3 is 0 Å². The van der Waals surface area contributed by atoms with Crippen molar-refractivity contribution in [3.8, 4) is 17.9 Å². The number of hydrogen-bond acceptors (Lipinski definition) is 1. The lowest BCUT2D eigenvalue weighted by atomic mass is 10.1. The highest BCUT2D eigenvalue weighted by atomic mass is 14.2. The van der Waals surface area contributed by atoms with Gasteiger partial charge in [0.1, 0.15) is 0 Å². The Morgan fingerprint density at radius 3 is 2.77 bits per heavy atom. The van der Waals surface area contributed by atoms with Gasteiger partial charge in [0, 0.05) is 5.56 Å². The lowest BCUT2D eigenvalue weighted by molar-refractivity contribution is 1.36. The van der Waals surface area contributed by atoms with Crippen molar-refractivity contribution >= 4 is 0 Å². The van der Waals surface area contributed by atoms with Crippen molar-refractivity contribution in [1.82, 2.24) is 0 Å². The first-order chi connectivity index (χ1) is 6.24. The predicted octanol–water partition coefficient (Wildman–Crippen LogP) is 2.57. The molecular weight excluding hydrogens is 158 g/mol. The Morgan fingerprint density at radius 2 is 2.08 bits per heavy atom. The van der Waals surface area contributed by atoms with Gasteiger partial charge < -0.3 is 0 Å². The van der Waals surface area contributed by atoms with Crippen molar-refractivity contribution in [2.75, 3.05) is 0 Å². The van der Waals surface area contributed by atoms with Crippen molar-refractivity contribution in [1.29, 1.82) is 5.26 Å². The Labute approximate surface area is 79.0 Å². The topological polar surface area (TPSA) is 23.8 Å². The molecule has 0 saturated heterocycles. The summed E-state index contributed by atoms with van der Waals surface area (Å²) in [5, 5.41) is 8.32. The molecule has 1 rings (SSSR count). The van der Waals surface area contributed by atoms with Crippen LogP contribution < -0.4 is 0 Å². The standard InChI is InChI=1S/C12H11N/c1-10-6-7-11(2)12(9-10)5-3-4-8-13/h6-7,9H,4H2,1-2H3. The predicted molar refractivity (Wildman–Crippen MR) is 53.0 cm³/mol. The molecular formula is C12H11N. The quantitative estimate of drug-likeness (QED) is 0.547. The zero-order valence-electron chi connectivity index (χ0n) is 7.89. The fourth-order valence-corrected chi connectivity index (χ4v) is 1.05. The zero-order chi connectivity index (χ0) is 9.68. The van der Waals surface area contributed by atoms with Gasteiger partial charge in [-0.25, -0.2) is 0 Å². The van der Waals surface area contributed by atoms with Gasteiger partial charge in [0.15, 0.2) is 0 Å². The van der Waals surface area contributed by atoms with Crippen molar-refractivity contribution in [2.24, 2.45) is 0 Å². The molecule has 0 fully saturated rings. The van der Waals surface area contributed by atoms with Gasteiger partial charge in [0.05, 0.1) is 12.5 Å². The average molecular weight is 169 g/mol. The van der Waals surface area contributed by atoms with Gasteiger partial charge in [0.2, 0.25) is 0 Å². The minimum Gasteiger partial charge on any atom is -0.197 e. The van der Waals surface area contributed by atoms with Crippen LogP contribution in [0.2, 0.25) is 0 Å². The molecule has 0 heterocycles. The summed E-state index contributed by atoms with van der Waals surface area (Å²) in [6.07, 6.45) is 0.299. The fourth-order valence-electron chi connectivity index (χ4n) is 1.05. The number of nitrogens with zero attached hydrogens (tertiary/aromatic N) is 1. The van der Waals surface area contributed by atoms with E-state index in [2.05, 4.69) is 17.9 Å². The van der Waals surface area contributed by atoms with E-state index in [0.717, 1.165) is 11.1 Å². The second-order valence-corrected chi connectivity index (χ2v) is 2.96. The molecule has 13 heavy (non-hydrogen) atoms. The molecule has 0 bridgehead atoms. The maximum Gasteiger partial charge on any atom is 0.0966 e. The van der Waals surface area contributed by atoms with Crippen molar-refractivity contribution in [3.63, 3.8) is 0 Å². The SMILES string of the molecule is Cc1ccc(C)c(C#CCC#N)c1. The summed E-state index contributed by atoms with van der Waals surface area (Å²) < 4.78 is 0. The van der Waals surface area contributed by atoms with Crippen LogP contribution in [-0.4, -0.2) is 0 Å². The number of aryl methyl sites for hydroxylation is 2. The summed E-state index contributed by atoms with van der Waals surface area (Å²) in [5.74, 6) is 5.79. The average Bonchev–Trinajstić information content (AvgIpc) is 2.11. The molecule has 1 aromatic rings. The molecule has 1 aromatic carbocycles. The third kappa shape index (κ3) is 2.65. The van der Waals surface area contributed by atoms with E-state index in [1.165, 1.54) is 5.56 Å². The zero-order valence-corrected chi connectivity index (χ0v) is 7.89. The van der Waals surface area contributed by atoms with Gasteiger partial charge in [-0.1, -0.05) is 24.0 Å². The smallest absolute Gasteiger partial charge is 0.0966 e. The fraction of sp³-hybridized carbons (Fsp3) is 0.250. The second-order valence-electron chi connectivity index (χ2n) is 2.96. The molecule has 0 unspecified atom stereocenters. The Hall–Kier alpha value is -1.73. The number of hydrogen-bond donors (Lipinski definition) is 0. The Kier molecular flexibility index (Phi) is 3.12. The maximum absolute atomic E-state index is 8.32. The van der Waals surface area contributed by atoms with Crippen LogP contribution in [0, 0.1) is 37.0 Å². The van der Waals surface area contributed by atoms with Gasteiger partial charge in [0.25, 0.3) is 0 Å². The summed E-state index contributed by atoms with van der Waals surface area (Å²) in [4.78, 5) is 0. The minimum atomic E-state index is 0.299. The first-order valence-corrected chi connectivity index (χ1v) is 4.17. The summed E-state index contributed by atoms with van der Waals surface area (Å²) in [5.41, 5.74) is 3.39. The highest BCUT2D eigenvalue weighted by Crippen LogP contribution is 2.08. The van der Waals surface area contributed by atoms with E-state index >= 15 is 0 Å². The van der Waals surface area contributed by atoms with E-state index in [0.29, 0.717) is 6.42 Å². The highest BCUT2D eigenvalue weighted by Gasteiger charge is 1.93. The van der Waals surface area contributed by atoms with Crippen LogP contribution in [0.25, 0.3) is 0 Å². The Bertz CT molecular complexity index is 399. The van der Waals surface area contributed by atoms with E-state index in [9.17, 15) is 0 Å². The summed E-state index contributed by atoms with van der Waals surface area (Å²) in [6.45, 7) is 4.06. The minimum absolute atomic E-state index is 0.299. The number of nitriles is 1. The Morgan fingerprint density at radius 1 is 1.31 bits per heavy atom. The van der Waals surface area contributed by atoms with Gasteiger partial charge in [-0.3, -0.25) is 0 Å². The monoisotopic (exact) mass is 169 g/mol. The molecule has 0 N–H and O–H groups in total. The Balaban J connectivity index is 2.97. The van der Waals surface area contributed by atoms with Crippen molar-refractivity contribution in [2.45, 2.75) is 20.3 Å². The van der Waals surface area contributed by atoms with E-state index < -0.39 is 0 Å². The van der Waals surface area contributed by atoms with Crippen LogP contribution in [-0.2, 0) is 0 Å². The molecule has 0 aromatic heterocycles. The normalized spacial score (nSPS) is 8.38. The first-order valence-electron chi connectivity index (χ1n) is 4.17. The molecule has 0 aliphatic heterocycles. The third-order valence-corrected chi connectivity index (χ3v) is 1.78. The van der Waals surface area contributed by atoms with Crippen LogP contribution >= 0.6 is 0 Å². The lowest BCUT2D eigenvalue weighted by Crippen LogP contribution is -1.82. The molecule has 0 aliphatic carbocycles. The lowest BCUT2D eigenvalue weighted by Gasteiger charge is -1.98. The van der Waals surface area contributed by atoms with E-state index in [-0.39, 0.29) is 0 Å². The van der Waals surface area contributed by atoms with Crippen LogP contribution in [0.1, 0.15) is 23.1 Å². The highest BCUT2D eigenvalue weighted by molar-refractivity contribution is 5.43. The number of rotatable bonds is 0. The molecule has 1 nitrogen and oxygen atoms in total. The van der Waals surface area contributed by atoms with Crippen LogP contribution in [0.3, 0.4) is 0 Å². The molecule has 0 spiro atoms. The molecule has 0 saturated carbocycles.